The molecule has 0 aromatic heterocycles. The van der Waals surface area contributed by atoms with Crippen molar-refractivity contribution in [1.82, 2.24) is 0 Å². The van der Waals surface area contributed by atoms with Crippen molar-refractivity contribution in [2.75, 3.05) is 0 Å². The Morgan fingerprint density at radius 1 is 0.833 bits per heavy atom. The van der Waals surface area contributed by atoms with E-state index >= 15 is 0 Å². The fraction of sp³-hybridized carbons (Fsp3) is 0.0455. The highest BCUT2D eigenvalue weighted by molar-refractivity contribution is 6.21. The van der Waals surface area contributed by atoms with E-state index in [0.29, 0.717) is 5.57 Å². The quantitative estimate of drug-likeness (QED) is 0.432. The standard InChI is InChI=1S/C22H16O2/c23-22(24)21(13-15-7-2-1-3-8-15)19-12-6-11-18-17-10-5-4-9-16(17)14-20(18)19/h1-13H,14H2,(H,23,24). The summed E-state index contributed by atoms with van der Waals surface area (Å²) in [5, 5.41) is 9.77. The van der Waals surface area contributed by atoms with Gasteiger partial charge in [0.1, 0.15) is 0 Å². The van der Waals surface area contributed by atoms with Gasteiger partial charge >= 0.3 is 5.97 Å². The molecule has 0 amide bonds. The molecule has 0 radical (unpaired) electrons. The first-order valence-electron chi connectivity index (χ1n) is 7.94. The van der Waals surface area contributed by atoms with Gasteiger partial charge in [0.15, 0.2) is 0 Å². The van der Waals surface area contributed by atoms with Crippen LogP contribution in [0, 0.1) is 0 Å². The Balaban J connectivity index is 1.88. The molecule has 1 aliphatic carbocycles. The molecule has 4 rings (SSSR count). The molecule has 0 fully saturated rings. The topological polar surface area (TPSA) is 37.3 Å². The van der Waals surface area contributed by atoms with Gasteiger partial charge in [-0.25, -0.2) is 4.79 Å². The van der Waals surface area contributed by atoms with Gasteiger partial charge in [-0.1, -0.05) is 72.8 Å². The molecular weight excluding hydrogens is 296 g/mol. The van der Waals surface area contributed by atoms with Gasteiger partial charge in [0.2, 0.25) is 0 Å². The van der Waals surface area contributed by atoms with Crippen LogP contribution < -0.4 is 0 Å². The van der Waals surface area contributed by atoms with Crippen LogP contribution in [0.2, 0.25) is 0 Å². The van der Waals surface area contributed by atoms with Crippen LogP contribution in [0.4, 0.5) is 0 Å². The summed E-state index contributed by atoms with van der Waals surface area (Å²) in [4.78, 5) is 11.9. The molecule has 0 bridgehead atoms. The van der Waals surface area contributed by atoms with E-state index < -0.39 is 5.97 Å². The Morgan fingerprint density at radius 3 is 2.33 bits per heavy atom. The lowest BCUT2D eigenvalue weighted by atomic mass is 9.94. The first-order chi connectivity index (χ1) is 11.7. The Morgan fingerprint density at radius 2 is 1.54 bits per heavy atom. The van der Waals surface area contributed by atoms with Gasteiger partial charge in [-0.2, -0.15) is 0 Å². The average molecular weight is 312 g/mol. The second-order valence-corrected chi connectivity index (χ2v) is 5.94. The number of carboxylic acids is 1. The van der Waals surface area contributed by atoms with Crippen molar-refractivity contribution in [3.63, 3.8) is 0 Å². The van der Waals surface area contributed by atoms with Gasteiger partial charge in [-0.15, -0.1) is 0 Å². The van der Waals surface area contributed by atoms with Crippen molar-refractivity contribution in [1.29, 1.82) is 0 Å². The first kappa shape index (κ1) is 14.5. The zero-order valence-electron chi connectivity index (χ0n) is 13.1. The molecule has 0 aliphatic heterocycles. The molecule has 2 heteroatoms. The number of hydrogen-bond donors (Lipinski definition) is 1. The zero-order valence-corrected chi connectivity index (χ0v) is 13.1. The molecule has 0 saturated carbocycles. The number of carboxylic acid groups (broad SMARTS) is 1. The Hall–Kier alpha value is -3.13. The minimum atomic E-state index is -0.900. The van der Waals surface area contributed by atoms with Crippen molar-refractivity contribution in [2.45, 2.75) is 6.42 Å². The molecule has 3 aromatic rings. The van der Waals surface area contributed by atoms with Gasteiger partial charge in [0, 0.05) is 0 Å². The maximum absolute atomic E-state index is 11.9. The van der Waals surface area contributed by atoms with E-state index in [9.17, 15) is 9.90 Å². The molecule has 3 aromatic carbocycles. The van der Waals surface area contributed by atoms with Gasteiger partial charge in [0.05, 0.1) is 5.57 Å². The van der Waals surface area contributed by atoms with Crippen LogP contribution >= 0.6 is 0 Å². The van der Waals surface area contributed by atoms with E-state index in [1.165, 1.54) is 11.1 Å². The molecule has 24 heavy (non-hydrogen) atoms. The normalized spacial score (nSPS) is 12.6. The number of fused-ring (bicyclic) bond motifs is 3. The maximum atomic E-state index is 11.9. The third kappa shape index (κ3) is 2.42. The van der Waals surface area contributed by atoms with Gasteiger partial charge in [-0.05, 0) is 45.9 Å². The summed E-state index contributed by atoms with van der Waals surface area (Å²) in [6.45, 7) is 0. The highest BCUT2D eigenvalue weighted by Crippen LogP contribution is 2.40. The molecule has 1 N–H and O–H groups in total. The van der Waals surface area contributed by atoms with Crippen LogP contribution in [0.5, 0.6) is 0 Å². The number of hydrogen-bond acceptors (Lipinski definition) is 1. The summed E-state index contributed by atoms with van der Waals surface area (Å²) < 4.78 is 0. The fourth-order valence-electron chi connectivity index (χ4n) is 3.38. The molecule has 0 heterocycles. The predicted octanol–water partition coefficient (Wildman–Crippen LogP) is 4.88. The molecule has 0 unspecified atom stereocenters. The monoisotopic (exact) mass is 312 g/mol. The van der Waals surface area contributed by atoms with E-state index in [2.05, 4.69) is 18.2 Å². The molecule has 2 nitrogen and oxygen atoms in total. The van der Waals surface area contributed by atoms with Crippen LogP contribution in [-0.4, -0.2) is 11.1 Å². The van der Waals surface area contributed by atoms with Crippen LogP contribution in [0.1, 0.15) is 22.3 Å². The van der Waals surface area contributed by atoms with Crippen molar-refractivity contribution in [3.8, 4) is 11.1 Å². The highest BCUT2D eigenvalue weighted by Gasteiger charge is 2.23. The van der Waals surface area contributed by atoms with Crippen molar-refractivity contribution in [3.05, 3.63) is 95.1 Å². The largest absolute Gasteiger partial charge is 0.478 e. The third-order valence-corrected chi connectivity index (χ3v) is 4.48. The predicted molar refractivity (Wildman–Crippen MR) is 96.6 cm³/mol. The van der Waals surface area contributed by atoms with Gasteiger partial charge < -0.3 is 5.11 Å². The van der Waals surface area contributed by atoms with E-state index in [-0.39, 0.29) is 0 Å². The summed E-state index contributed by atoms with van der Waals surface area (Å²) in [5.41, 5.74) is 6.74. The Kier molecular flexibility index (Phi) is 3.51. The summed E-state index contributed by atoms with van der Waals surface area (Å²) in [6.07, 6.45) is 2.53. The SMILES string of the molecule is O=C(O)C(=Cc1ccccc1)c1cccc2c1Cc1ccccc1-2. The third-order valence-electron chi connectivity index (χ3n) is 4.48. The minimum absolute atomic E-state index is 0.339. The molecule has 0 saturated heterocycles. The molecule has 116 valence electrons. The van der Waals surface area contributed by atoms with Gasteiger partial charge in [0.25, 0.3) is 0 Å². The number of benzene rings is 3. The van der Waals surface area contributed by atoms with E-state index in [1.54, 1.807) is 6.08 Å². The smallest absolute Gasteiger partial charge is 0.336 e. The van der Waals surface area contributed by atoms with Gasteiger partial charge in [-0.3, -0.25) is 0 Å². The maximum Gasteiger partial charge on any atom is 0.336 e. The molecular formula is C22H16O2. The molecule has 0 spiro atoms. The van der Waals surface area contributed by atoms with Crippen molar-refractivity contribution >= 4 is 17.6 Å². The van der Waals surface area contributed by atoms with Crippen LogP contribution in [0.25, 0.3) is 22.8 Å². The Bertz CT molecular complexity index is 953. The van der Waals surface area contributed by atoms with E-state index in [4.69, 9.17) is 0 Å². The summed E-state index contributed by atoms with van der Waals surface area (Å²) in [5.74, 6) is -0.900. The van der Waals surface area contributed by atoms with E-state index in [1.807, 2.05) is 54.6 Å². The highest BCUT2D eigenvalue weighted by atomic mass is 16.4. The lowest BCUT2D eigenvalue weighted by Gasteiger charge is -2.10. The first-order valence-corrected chi connectivity index (χ1v) is 7.94. The number of aliphatic carboxylic acids is 1. The fourth-order valence-corrected chi connectivity index (χ4v) is 3.38. The second-order valence-electron chi connectivity index (χ2n) is 5.94. The lowest BCUT2D eigenvalue weighted by molar-refractivity contribution is -0.130. The molecule has 1 aliphatic rings. The van der Waals surface area contributed by atoms with E-state index in [0.717, 1.165) is 28.7 Å². The summed E-state index contributed by atoms with van der Waals surface area (Å²) in [6, 6.07) is 23.8. The second kappa shape index (κ2) is 5.82. The van der Waals surface area contributed by atoms with Crippen LogP contribution in [0.15, 0.2) is 72.8 Å². The average Bonchev–Trinajstić information content (AvgIpc) is 2.99. The van der Waals surface area contributed by atoms with Crippen LogP contribution in [0.3, 0.4) is 0 Å². The lowest BCUT2D eigenvalue weighted by Crippen LogP contribution is -2.03. The summed E-state index contributed by atoms with van der Waals surface area (Å²) >= 11 is 0. The number of carbonyl (C=O) groups is 1. The van der Waals surface area contributed by atoms with Crippen molar-refractivity contribution in [2.24, 2.45) is 0 Å². The Labute approximate surface area is 140 Å². The minimum Gasteiger partial charge on any atom is -0.478 e. The number of rotatable bonds is 3. The van der Waals surface area contributed by atoms with Crippen LogP contribution in [-0.2, 0) is 11.2 Å². The molecule has 0 atom stereocenters. The summed E-state index contributed by atoms with van der Waals surface area (Å²) in [7, 11) is 0. The zero-order chi connectivity index (χ0) is 16.5. The van der Waals surface area contributed by atoms with Crippen molar-refractivity contribution < 1.29 is 9.90 Å².